The maximum Gasteiger partial charge on any atom is 0.261 e. The van der Waals surface area contributed by atoms with Gasteiger partial charge in [0.2, 0.25) is 0 Å². The highest BCUT2D eigenvalue weighted by molar-refractivity contribution is 7.16. The SMILES string of the molecule is Cc1sc(NC(=O)c2cccc3c2OC(C)C3C)nc1-c1ccc(F)c(F)c1. The Morgan fingerprint density at radius 2 is 1.96 bits per heavy atom. The second-order valence-electron chi connectivity index (χ2n) is 6.84. The van der Waals surface area contributed by atoms with Crippen molar-refractivity contribution < 1.29 is 18.3 Å². The summed E-state index contributed by atoms with van der Waals surface area (Å²) in [5.41, 5.74) is 2.43. The number of hydrogen-bond donors (Lipinski definition) is 1. The lowest BCUT2D eigenvalue weighted by molar-refractivity contribution is 0.102. The molecule has 4 nitrogen and oxygen atoms in total. The third-order valence-corrected chi connectivity index (χ3v) is 5.88. The summed E-state index contributed by atoms with van der Waals surface area (Å²) >= 11 is 1.28. The fourth-order valence-corrected chi connectivity index (χ4v) is 4.12. The lowest BCUT2D eigenvalue weighted by Crippen LogP contribution is -2.14. The number of nitrogens with one attached hydrogen (secondary N) is 1. The fraction of sp³-hybridized carbons (Fsp3) is 0.238. The van der Waals surface area contributed by atoms with Gasteiger partial charge in [0.05, 0.1) is 11.3 Å². The first kappa shape index (κ1) is 18.6. The van der Waals surface area contributed by atoms with Gasteiger partial charge in [-0.15, -0.1) is 11.3 Å². The van der Waals surface area contributed by atoms with Crippen LogP contribution in [0.25, 0.3) is 11.3 Å². The van der Waals surface area contributed by atoms with Crippen molar-refractivity contribution in [2.24, 2.45) is 0 Å². The minimum atomic E-state index is -0.935. The molecular formula is C21H18F2N2O2S. The molecule has 7 heteroatoms. The van der Waals surface area contributed by atoms with Crippen molar-refractivity contribution in [3.05, 3.63) is 64.0 Å². The highest BCUT2D eigenvalue weighted by Crippen LogP contribution is 2.40. The number of aryl methyl sites for hydroxylation is 1. The average molecular weight is 400 g/mol. The van der Waals surface area contributed by atoms with E-state index in [9.17, 15) is 13.6 Å². The number of nitrogens with zero attached hydrogens (tertiary/aromatic N) is 1. The van der Waals surface area contributed by atoms with Gasteiger partial charge in [-0.3, -0.25) is 10.1 Å². The number of rotatable bonds is 3. The Morgan fingerprint density at radius 3 is 2.71 bits per heavy atom. The van der Waals surface area contributed by atoms with Gasteiger partial charge in [-0.05, 0) is 38.1 Å². The van der Waals surface area contributed by atoms with E-state index in [2.05, 4.69) is 17.2 Å². The minimum Gasteiger partial charge on any atom is -0.489 e. The number of carbonyl (C=O) groups excluding carboxylic acids is 1. The number of hydrogen-bond acceptors (Lipinski definition) is 4. The number of anilines is 1. The summed E-state index contributed by atoms with van der Waals surface area (Å²) in [5, 5.41) is 3.18. The van der Waals surface area contributed by atoms with Gasteiger partial charge in [-0.2, -0.15) is 0 Å². The molecule has 0 saturated heterocycles. The second kappa shape index (κ2) is 6.98. The molecule has 1 aliphatic heterocycles. The molecule has 0 fully saturated rings. The van der Waals surface area contributed by atoms with Gasteiger partial charge < -0.3 is 4.74 Å². The number of para-hydroxylation sites is 1. The van der Waals surface area contributed by atoms with E-state index < -0.39 is 11.6 Å². The van der Waals surface area contributed by atoms with Gasteiger partial charge >= 0.3 is 0 Å². The topological polar surface area (TPSA) is 51.2 Å². The third kappa shape index (κ3) is 3.16. The van der Waals surface area contributed by atoms with Crippen LogP contribution in [-0.2, 0) is 0 Å². The molecule has 144 valence electrons. The molecule has 1 N–H and O–H groups in total. The van der Waals surface area contributed by atoms with Gasteiger partial charge in [0.25, 0.3) is 5.91 Å². The van der Waals surface area contributed by atoms with E-state index in [1.165, 1.54) is 17.4 Å². The van der Waals surface area contributed by atoms with Gasteiger partial charge in [0.1, 0.15) is 11.9 Å². The zero-order chi connectivity index (χ0) is 20.0. The summed E-state index contributed by atoms with van der Waals surface area (Å²) in [7, 11) is 0. The molecule has 0 spiro atoms. The first-order chi connectivity index (χ1) is 13.3. The van der Waals surface area contributed by atoms with Crippen LogP contribution in [0.1, 0.15) is 40.6 Å². The van der Waals surface area contributed by atoms with Crippen LogP contribution in [0, 0.1) is 18.6 Å². The predicted molar refractivity (Wildman–Crippen MR) is 105 cm³/mol. The van der Waals surface area contributed by atoms with Gasteiger partial charge in [-0.1, -0.05) is 19.1 Å². The van der Waals surface area contributed by atoms with Crippen molar-refractivity contribution in [2.45, 2.75) is 32.8 Å². The van der Waals surface area contributed by atoms with E-state index in [4.69, 9.17) is 4.74 Å². The highest BCUT2D eigenvalue weighted by atomic mass is 32.1. The van der Waals surface area contributed by atoms with Crippen molar-refractivity contribution in [2.75, 3.05) is 5.32 Å². The van der Waals surface area contributed by atoms with Crippen molar-refractivity contribution >= 4 is 22.4 Å². The van der Waals surface area contributed by atoms with Crippen LogP contribution >= 0.6 is 11.3 Å². The van der Waals surface area contributed by atoms with E-state index in [1.54, 1.807) is 6.07 Å². The van der Waals surface area contributed by atoms with Gasteiger partial charge in [0, 0.05) is 21.9 Å². The molecule has 2 atom stereocenters. The molecule has 2 unspecified atom stereocenters. The van der Waals surface area contributed by atoms with E-state index >= 15 is 0 Å². The minimum absolute atomic E-state index is 0.00559. The van der Waals surface area contributed by atoms with Crippen molar-refractivity contribution in [3.8, 4) is 17.0 Å². The summed E-state index contributed by atoms with van der Waals surface area (Å²) in [6, 6.07) is 9.15. The van der Waals surface area contributed by atoms with Crippen LogP contribution in [-0.4, -0.2) is 17.0 Å². The number of halogens is 2. The number of benzene rings is 2. The highest BCUT2D eigenvalue weighted by Gasteiger charge is 2.31. The first-order valence-corrected chi connectivity index (χ1v) is 9.70. The van der Waals surface area contributed by atoms with Crippen molar-refractivity contribution in [1.29, 1.82) is 0 Å². The standard InChI is InChI=1S/C21H18F2N2O2S/c1-10-11(2)27-19-14(10)5-4-6-15(19)20(26)25-21-24-18(12(3)28-21)13-7-8-16(22)17(23)9-13/h4-11H,1-3H3,(H,24,25,26). The zero-order valence-electron chi connectivity index (χ0n) is 15.5. The maximum absolute atomic E-state index is 13.5. The Balaban J connectivity index is 1.61. The molecule has 3 aromatic rings. The Labute approximate surface area is 165 Å². The Bertz CT molecular complexity index is 1080. The number of aromatic nitrogens is 1. The molecule has 2 heterocycles. The van der Waals surface area contributed by atoms with Crippen molar-refractivity contribution in [1.82, 2.24) is 4.98 Å². The van der Waals surface area contributed by atoms with E-state index in [0.717, 1.165) is 22.6 Å². The maximum atomic E-state index is 13.5. The first-order valence-electron chi connectivity index (χ1n) is 8.89. The van der Waals surface area contributed by atoms with E-state index in [1.807, 2.05) is 26.0 Å². The normalized spacial score (nSPS) is 17.9. The molecule has 0 aliphatic carbocycles. The van der Waals surface area contributed by atoms with Crippen LogP contribution in [0.5, 0.6) is 5.75 Å². The van der Waals surface area contributed by atoms with Gasteiger partial charge in [-0.25, -0.2) is 13.8 Å². The molecule has 4 rings (SSSR count). The molecule has 0 bridgehead atoms. The molecular weight excluding hydrogens is 382 g/mol. The molecule has 2 aromatic carbocycles. The second-order valence-corrected chi connectivity index (χ2v) is 8.05. The average Bonchev–Trinajstić information content (AvgIpc) is 3.17. The predicted octanol–water partition coefficient (Wildman–Crippen LogP) is 5.53. The van der Waals surface area contributed by atoms with Crippen molar-refractivity contribution in [3.63, 3.8) is 0 Å². The molecule has 1 amide bonds. The summed E-state index contributed by atoms with van der Waals surface area (Å²) < 4.78 is 32.6. The Hall–Kier alpha value is -2.80. The molecule has 0 saturated carbocycles. The van der Waals surface area contributed by atoms with Crippen LogP contribution in [0.15, 0.2) is 36.4 Å². The Kier molecular flexibility index (Phi) is 4.63. The quantitative estimate of drug-likeness (QED) is 0.629. The largest absolute Gasteiger partial charge is 0.489 e. The molecule has 1 aromatic heterocycles. The van der Waals surface area contributed by atoms with Crippen LogP contribution < -0.4 is 10.1 Å². The molecule has 0 radical (unpaired) electrons. The lowest BCUT2D eigenvalue weighted by atomic mass is 9.97. The Morgan fingerprint density at radius 1 is 1.18 bits per heavy atom. The zero-order valence-corrected chi connectivity index (χ0v) is 16.4. The number of amides is 1. The van der Waals surface area contributed by atoms with E-state index in [-0.39, 0.29) is 17.9 Å². The summed E-state index contributed by atoms with van der Waals surface area (Å²) in [5.74, 6) is -1.34. The van der Waals surface area contributed by atoms with Crippen LogP contribution in [0.4, 0.5) is 13.9 Å². The fourth-order valence-electron chi connectivity index (χ4n) is 3.29. The number of thiazole rings is 1. The summed E-state index contributed by atoms with van der Waals surface area (Å²) in [6.45, 7) is 5.86. The third-order valence-electron chi connectivity index (χ3n) is 5.00. The smallest absolute Gasteiger partial charge is 0.261 e. The molecule has 1 aliphatic rings. The van der Waals surface area contributed by atoms with Crippen LogP contribution in [0.3, 0.4) is 0 Å². The number of ether oxygens (including phenoxy) is 1. The summed E-state index contributed by atoms with van der Waals surface area (Å²) in [6.07, 6.45) is 0.00559. The summed E-state index contributed by atoms with van der Waals surface area (Å²) in [4.78, 5) is 18.0. The van der Waals surface area contributed by atoms with Gasteiger partial charge in [0.15, 0.2) is 16.8 Å². The number of carbonyl (C=O) groups is 1. The molecule has 28 heavy (non-hydrogen) atoms. The number of fused-ring (bicyclic) bond motifs is 1. The van der Waals surface area contributed by atoms with Crippen LogP contribution in [0.2, 0.25) is 0 Å². The van der Waals surface area contributed by atoms with E-state index in [0.29, 0.717) is 27.7 Å². The monoisotopic (exact) mass is 400 g/mol. The lowest BCUT2D eigenvalue weighted by Gasteiger charge is -2.09.